The van der Waals surface area contributed by atoms with Crippen molar-refractivity contribution in [2.75, 3.05) is 0 Å². The standard InChI is InChI=1S/C11H14N2O2S/c1-9(2)16(14,15)13-11(8-12)10-6-4-3-5-7-10/h3-7,9,11,13H,1-2H3. The summed E-state index contributed by atoms with van der Waals surface area (Å²) >= 11 is 0. The maximum absolute atomic E-state index is 11.6. The first-order valence-corrected chi connectivity index (χ1v) is 6.47. The number of nitrogens with one attached hydrogen (secondary N) is 1. The molecule has 1 rings (SSSR count). The smallest absolute Gasteiger partial charge is 0.212 e. The van der Waals surface area contributed by atoms with E-state index in [2.05, 4.69) is 4.72 Å². The Morgan fingerprint density at radius 3 is 2.25 bits per heavy atom. The quantitative estimate of drug-likeness (QED) is 0.865. The lowest BCUT2D eigenvalue weighted by molar-refractivity contribution is 0.566. The van der Waals surface area contributed by atoms with E-state index in [4.69, 9.17) is 5.26 Å². The number of nitrogens with zero attached hydrogens (tertiary/aromatic N) is 1. The molecule has 86 valence electrons. The van der Waals surface area contributed by atoms with Gasteiger partial charge in [-0.1, -0.05) is 30.3 Å². The molecular formula is C11H14N2O2S. The van der Waals surface area contributed by atoms with Crippen LogP contribution in [0.3, 0.4) is 0 Å². The monoisotopic (exact) mass is 238 g/mol. The molecule has 1 N–H and O–H groups in total. The van der Waals surface area contributed by atoms with E-state index in [1.54, 1.807) is 38.1 Å². The molecule has 0 bridgehead atoms. The van der Waals surface area contributed by atoms with Crippen LogP contribution in [0.25, 0.3) is 0 Å². The van der Waals surface area contributed by atoms with Crippen molar-refractivity contribution >= 4 is 10.0 Å². The number of hydrogen-bond donors (Lipinski definition) is 1. The van der Waals surface area contributed by atoms with E-state index in [9.17, 15) is 8.42 Å². The predicted molar refractivity (Wildman–Crippen MR) is 62.0 cm³/mol. The molecule has 0 aliphatic rings. The van der Waals surface area contributed by atoms with Crippen molar-refractivity contribution in [3.63, 3.8) is 0 Å². The second kappa shape index (κ2) is 5.10. The molecule has 1 aromatic rings. The lowest BCUT2D eigenvalue weighted by atomic mass is 10.1. The van der Waals surface area contributed by atoms with Crippen LogP contribution in [0.4, 0.5) is 0 Å². The minimum atomic E-state index is -3.43. The number of hydrogen-bond acceptors (Lipinski definition) is 3. The molecule has 1 aromatic carbocycles. The number of sulfonamides is 1. The van der Waals surface area contributed by atoms with Crippen LogP contribution < -0.4 is 4.72 Å². The second-order valence-corrected chi connectivity index (χ2v) is 5.95. The van der Waals surface area contributed by atoms with Gasteiger partial charge in [0.25, 0.3) is 0 Å². The molecule has 5 heteroatoms. The van der Waals surface area contributed by atoms with Gasteiger partial charge in [-0.3, -0.25) is 0 Å². The molecule has 16 heavy (non-hydrogen) atoms. The lowest BCUT2D eigenvalue weighted by Gasteiger charge is -2.14. The predicted octanol–water partition coefficient (Wildman–Crippen LogP) is 1.58. The van der Waals surface area contributed by atoms with Crippen LogP contribution in [0.15, 0.2) is 30.3 Å². The number of nitriles is 1. The van der Waals surface area contributed by atoms with Gasteiger partial charge in [-0.15, -0.1) is 0 Å². The van der Waals surface area contributed by atoms with Crippen molar-refractivity contribution in [1.82, 2.24) is 4.72 Å². The SMILES string of the molecule is CC(C)S(=O)(=O)NC(C#N)c1ccccc1. The molecule has 0 amide bonds. The summed E-state index contributed by atoms with van der Waals surface area (Å²) in [5, 5.41) is 8.40. The Balaban J connectivity index is 2.92. The van der Waals surface area contributed by atoms with E-state index in [0.717, 1.165) is 0 Å². The van der Waals surface area contributed by atoms with Crippen molar-refractivity contribution in [2.45, 2.75) is 25.1 Å². The summed E-state index contributed by atoms with van der Waals surface area (Å²) in [4.78, 5) is 0. The summed E-state index contributed by atoms with van der Waals surface area (Å²) < 4.78 is 25.6. The Bertz CT molecular complexity index is 474. The first kappa shape index (κ1) is 12.7. The van der Waals surface area contributed by atoms with Crippen molar-refractivity contribution in [3.8, 4) is 6.07 Å². The summed E-state index contributed by atoms with van der Waals surface area (Å²) in [5.74, 6) is 0. The van der Waals surface area contributed by atoms with Gasteiger partial charge in [-0.2, -0.15) is 9.98 Å². The van der Waals surface area contributed by atoms with Crippen LogP contribution in [-0.2, 0) is 10.0 Å². The molecule has 4 nitrogen and oxygen atoms in total. The van der Waals surface area contributed by atoms with E-state index in [1.165, 1.54) is 0 Å². The molecular weight excluding hydrogens is 224 g/mol. The third kappa shape index (κ3) is 3.05. The maximum atomic E-state index is 11.6. The molecule has 0 aromatic heterocycles. The zero-order valence-electron chi connectivity index (χ0n) is 9.21. The molecule has 0 fully saturated rings. The normalized spacial score (nSPS) is 13.4. The topological polar surface area (TPSA) is 70.0 Å². The average molecular weight is 238 g/mol. The minimum absolute atomic E-state index is 0.549. The van der Waals surface area contributed by atoms with Crippen LogP contribution >= 0.6 is 0 Å². The van der Waals surface area contributed by atoms with E-state index >= 15 is 0 Å². The van der Waals surface area contributed by atoms with Gasteiger partial charge in [0.05, 0.1) is 11.3 Å². The Kier molecular flexibility index (Phi) is 4.05. The van der Waals surface area contributed by atoms with Gasteiger partial charge in [0.2, 0.25) is 10.0 Å². The van der Waals surface area contributed by atoms with Gasteiger partial charge in [-0.25, -0.2) is 8.42 Å². The minimum Gasteiger partial charge on any atom is -0.212 e. The highest BCUT2D eigenvalue weighted by molar-refractivity contribution is 7.90. The fourth-order valence-electron chi connectivity index (χ4n) is 1.11. The first-order chi connectivity index (χ1) is 7.47. The fourth-order valence-corrected chi connectivity index (χ4v) is 1.90. The molecule has 1 atom stereocenters. The van der Waals surface area contributed by atoms with Gasteiger partial charge in [-0.05, 0) is 19.4 Å². The van der Waals surface area contributed by atoms with Gasteiger partial charge >= 0.3 is 0 Å². The summed E-state index contributed by atoms with van der Waals surface area (Å²) in [6.07, 6.45) is 0. The van der Waals surface area contributed by atoms with Gasteiger partial charge in [0.1, 0.15) is 6.04 Å². The molecule has 1 unspecified atom stereocenters. The summed E-state index contributed by atoms with van der Waals surface area (Å²) in [6, 6.07) is 9.90. The van der Waals surface area contributed by atoms with Crippen molar-refractivity contribution in [3.05, 3.63) is 35.9 Å². The van der Waals surface area contributed by atoms with Crippen LogP contribution in [0, 0.1) is 11.3 Å². The molecule has 0 heterocycles. The molecule has 0 spiro atoms. The third-order valence-electron chi connectivity index (χ3n) is 2.16. The third-order valence-corrected chi connectivity index (χ3v) is 3.97. The summed E-state index contributed by atoms with van der Waals surface area (Å²) in [6.45, 7) is 3.14. The Labute approximate surface area is 96.0 Å². The van der Waals surface area contributed by atoms with E-state index < -0.39 is 21.3 Å². The molecule has 0 saturated heterocycles. The fraction of sp³-hybridized carbons (Fsp3) is 0.364. The largest absolute Gasteiger partial charge is 0.215 e. The van der Waals surface area contributed by atoms with Gasteiger partial charge < -0.3 is 0 Å². The van der Waals surface area contributed by atoms with Crippen LogP contribution in [-0.4, -0.2) is 13.7 Å². The van der Waals surface area contributed by atoms with Crippen molar-refractivity contribution < 1.29 is 8.42 Å². The highest BCUT2D eigenvalue weighted by Gasteiger charge is 2.21. The zero-order chi connectivity index (χ0) is 12.2. The van der Waals surface area contributed by atoms with E-state index in [1.807, 2.05) is 12.1 Å². The van der Waals surface area contributed by atoms with Crippen LogP contribution in [0.5, 0.6) is 0 Å². The van der Waals surface area contributed by atoms with Gasteiger partial charge in [0.15, 0.2) is 0 Å². The summed E-state index contributed by atoms with van der Waals surface area (Å²) in [5.41, 5.74) is 0.647. The molecule has 0 radical (unpaired) electrons. The highest BCUT2D eigenvalue weighted by Crippen LogP contribution is 2.13. The molecule has 0 aliphatic heterocycles. The molecule has 0 saturated carbocycles. The van der Waals surface area contributed by atoms with Crippen LogP contribution in [0.2, 0.25) is 0 Å². The highest BCUT2D eigenvalue weighted by atomic mass is 32.2. The summed E-state index contributed by atoms with van der Waals surface area (Å²) in [7, 11) is -3.43. The zero-order valence-corrected chi connectivity index (χ0v) is 10.0. The Hall–Kier alpha value is -1.38. The van der Waals surface area contributed by atoms with Crippen molar-refractivity contribution in [2.24, 2.45) is 0 Å². The first-order valence-electron chi connectivity index (χ1n) is 4.93. The van der Waals surface area contributed by atoms with E-state index in [0.29, 0.717) is 5.56 Å². The van der Waals surface area contributed by atoms with Crippen molar-refractivity contribution in [1.29, 1.82) is 5.26 Å². The molecule has 0 aliphatic carbocycles. The number of rotatable bonds is 4. The average Bonchev–Trinajstić information content (AvgIpc) is 2.27. The van der Waals surface area contributed by atoms with Crippen LogP contribution in [0.1, 0.15) is 25.5 Å². The van der Waals surface area contributed by atoms with Gasteiger partial charge in [0, 0.05) is 0 Å². The Morgan fingerprint density at radius 2 is 1.81 bits per heavy atom. The Morgan fingerprint density at radius 1 is 1.25 bits per heavy atom. The maximum Gasteiger partial charge on any atom is 0.215 e. The second-order valence-electron chi connectivity index (χ2n) is 3.68. The number of benzene rings is 1. The lowest BCUT2D eigenvalue weighted by Crippen LogP contribution is -2.33. The van der Waals surface area contributed by atoms with E-state index in [-0.39, 0.29) is 0 Å².